The van der Waals surface area contributed by atoms with Crippen molar-refractivity contribution in [2.45, 2.75) is 13.0 Å². The average Bonchev–Trinajstić information content (AvgIpc) is 3.29. The molecule has 8 heteroatoms. The van der Waals surface area contributed by atoms with Gasteiger partial charge >= 0.3 is 0 Å². The van der Waals surface area contributed by atoms with Crippen molar-refractivity contribution in [1.29, 1.82) is 0 Å². The first kappa shape index (κ1) is 22.0. The molecule has 0 amide bonds. The Hall–Kier alpha value is -4.20. The molecule has 4 rings (SSSR count). The van der Waals surface area contributed by atoms with E-state index in [-0.39, 0.29) is 18.1 Å². The van der Waals surface area contributed by atoms with Crippen LogP contribution in [0.1, 0.15) is 15.9 Å². The highest BCUT2D eigenvalue weighted by Gasteiger charge is 2.18. The van der Waals surface area contributed by atoms with Gasteiger partial charge in [-0.2, -0.15) is 9.67 Å². The molecule has 3 aromatic carbocycles. The molecule has 0 saturated heterocycles. The highest BCUT2D eigenvalue weighted by atomic mass is 19.1. The van der Waals surface area contributed by atoms with E-state index in [2.05, 4.69) is 15.4 Å². The van der Waals surface area contributed by atoms with Gasteiger partial charge in [-0.15, -0.1) is 5.10 Å². The summed E-state index contributed by atoms with van der Waals surface area (Å²) in [7, 11) is 3.19. The van der Waals surface area contributed by atoms with Crippen molar-refractivity contribution in [2.24, 2.45) is 0 Å². The molecule has 7 nitrogen and oxygen atoms in total. The zero-order valence-corrected chi connectivity index (χ0v) is 18.3. The van der Waals surface area contributed by atoms with Gasteiger partial charge in [-0.05, 0) is 59.7 Å². The van der Waals surface area contributed by atoms with Gasteiger partial charge in [-0.25, -0.2) is 4.39 Å². The van der Waals surface area contributed by atoms with Crippen molar-refractivity contribution in [3.63, 3.8) is 0 Å². The Morgan fingerprint density at radius 3 is 2.06 bits per heavy atom. The van der Waals surface area contributed by atoms with E-state index in [1.807, 2.05) is 24.3 Å². The molecule has 0 saturated carbocycles. The van der Waals surface area contributed by atoms with Crippen LogP contribution < -0.4 is 14.8 Å². The number of aromatic nitrogens is 3. The van der Waals surface area contributed by atoms with Crippen molar-refractivity contribution >= 4 is 11.9 Å². The minimum atomic E-state index is -0.307. The van der Waals surface area contributed by atoms with Crippen molar-refractivity contribution < 1.29 is 18.7 Å². The van der Waals surface area contributed by atoms with Crippen LogP contribution in [0, 0.1) is 5.82 Å². The average molecular weight is 446 g/mol. The first-order chi connectivity index (χ1) is 16.1. The van der Waals surface area contributed by atoms with Crippen molar-refractivity contribution in [1.82, 2.24) is 14.8 Å². The molecule has 1 heterocycles. The summed E-state index contributed by atoms with van der Waals surface area (Å²) in [4.78, 5) is 17.7. The van der Waals surface area contributed by atoms with Crippen LogP contribution in [-0.2, 0) is 13.0 Å². The van der Waals surface area contributed by atoms with Crippen molar-refractivity contribution in [3.8, 4) is 22.9 Å². The van der Waals surface area contributed by atoms with E-state index in [1.165, 1.54) is 16.8 Å². The number of ether oxygens (including phenoxy) is 2. The van der Waals surface area contributed by atoms with Crippen molar-refractivity contribution in [2.75, 3.05) is 19.5 Å². The predicted molar refractivity (Wildman–Crippen MR) is 123 cm³/mol. The molecule has 168 valence electrons. The van der Waals surface area contributed by atoms with E-state index in [4.69, 9.17) is 9.47 Å². The van der Waals surface area contributed by atoms with Crippen LogP contribution >= 0.6 is 0 Å². The fraction of sp³-hybridized carbons (Fsp3) is 0.160. The van der Waals surface area contributed by atoms with Crippen LogP contribution in [0.4, 0.5) is 10.3 Å². The number of nitrogens with zero attached hydrogens (tertiary/aromatic N) is 3. The molecule has 1 N–H and O–H groups in total. The molecule has 0 unspecified atom stereocenters. The third kappa shape index (κ3) is 5.35. The molecule has 0 radical (unpaired) electrons. The Bertz CT molecular complexity index is 1220. The van der Waals surface area contributed by atoms with Gasteiger partial charge in [0.25, 0.3) is 5.91 Å². The third-order valence-electron chi connectivity index (χ3n) is 5.07. The Kier molecular flexibility index (Phi) is 6.64. The fourth-order valence-corrected chi connectivity index (χ4v) is 3.24. The van der Waals surface area contributed by atoms with E-state index in [0.29, 0.717) is 24.1 Å². The third-order valence-corrected chi connectivity index (χ3v) is 5.07. The lowest BCUT2D eigenvalue weighted by molar-refractivity contribution is 0.0901. The predicted octanol–water partition coefficient (Wildman–Crippen LogP) is 4.60. The zero-order chi connectivity index (χ0) is 23.2. The van der Waals surface area contributed by atoms with Gasteiger partial charge in [0.15, 0.2) is 5.82 Å². The summed E-state index contributed by atoms with van der Waals surface area (Å²) in [5.41, 5.74) is 2.42. The molecule has 0 bridgehead atoms. The SMILES string of the molecule is COc1ccc(CC(=O)n2nc(-c3ccc(OC)cc3)nc2NCc2ccc(F)cc2)cc1. The van der Waals surface area contributed by atoms with E-state index >= 15 is 0 Å². The lowest BCUT2D eigenvalue weighted by atomic mass is 10.1. The topological polar surface area (TPSA) is 78.3 Å². The van der Waals surface area contributed by atoms with Crippen LogP contribution in [0.3, 0.4) is 0 Å². The molecule has 0 fully saturated rings. The molecule has 33 heavy (non-hydrogen) atoms. The Balaban J connectivity index is 1.60. The molecule has 0 aliphatic heterocycles. The molecule has 0 atom stereocenters. The quantitative estimate of drug-likeness (QED) is 0.426. The summed E-state index contributed by atoms with van der Waals surface area (Å²) < 4.78 is 24.9. The maximum Gasteiger partial charge on any atom is 0.254 e. The highest BCUT2D eigenvalue weighted by molar-refractivity contribution is 5.83. The molecule has 0 spiro atoms. The lowest BCUT2D eigenvalue weighted by Gasteiger charge is -2.08. The van der Waals surface area contributed by atoms with E-state index < -0.39 is 0 Å². The molecule has 1 aromatic heterocycles. The lowest BCUT2D eigenvalue weighted by Crippen LogP contribution is -2.18. The summed E-state index contributed by atoms with van der Waals surface area (Å²) in [5, 5.41) is 7.61. The number of nitrogens with one attached hydrogen (secondary N) is 1. The van der Waals surface area contributed by atoms with Gasteiger partial charge < -0.3 is 14.8 Å². The number of anilines is 1. The van der Waals surface area contributed by atoms with Gasteiger partial charge in [0.1, 0.15) is 17.3 Å². The molecular formula is C25H23FN4O3. The maximum atomic E-state index is 13.2. The van der Waals surface area contributed by atoms with Crippen LogP contribution in [0.15, 0.2) is 72.8 Å². The monoisotopic (exact) mass is 446 g/mol. The number of benzene rings is 3. The Morgan fingerprint density at radius 1 is 0.879 bits per heavy atom. The number of hydrogen-bond acceptors (Lipinski definition) is 6. The Labute approximate surface area is 190 Å². The number of rotatable bonds is 8. The highest BCUT2D eigenvalue weighted by Crippen LogP contribution is 2.22. The van der Waals surface area contributed by atoms with Crippen LogP contribution in [0.25, 0.3) is 11.4 Å². The Morgan fingerprint density at radius 2 is 1.45 bits per heavy atom. The first-order valence-electron chi connectivity index (χ1n) is 10.3. The zero-order valence-electron chi connectivity index (χ0n) is 18.3. The van der Waals surface area contributed by atoms with Gasteiger partial charge in [-0.3, -0.25) is 4.79 Å². The second-order valence-electron chi connectivity index (χ2n) is 7.30. The van der Waals surface area contributed by atoms with Crippen LogP contribution in [-0.4, -0.2) is 34.9 Å². The summed E-state index contributed by atoms with van der Waals surface area (Å²) in [6.07, 6.45) is 0.140. The van der Waals surface area contributed by atoms with Crippen LogP contribution in [0.5, 0.6) is 11.5 Å². The number of carbonyl (C=O) groups is 1. The van der Waals surface area contributed by atoms with Gasteiger partial charge in [0.2, 0.25) is 5.95 Å². The van der Waals surface area contributed by atoms with E-state index in [1.54, 1.807) is 50.6 Å². The fourth-order valence-electron chi connectivity index (χ4n) is 3.24. The van der Waals surface area contributed by atoms with Crippen LogP contribution in [0.2, 0.25) is 0 Å². The van der Waals surface area contributed by atoms with E-state index in [9.17, 15) is 9.18 Å². The van der Waals surface area contributed by atoms with Gasteiger partial charge in [0.05, 0.1) is 20.6 Å². The summed E-state index contributed by atoms with van der Waals surface area (Å²) in [6, 6.07) is 20.7. The number of carbonyl (C=O) groups excluding carboxylic acids is 1. The first-order valence-corrected chi connectivity index (χ1v) is 10.3. The molecule has 0 aliphatic carbocycles. The molecular weight excluding hydrogens is 423 g/mol. The summed E-state index contributed by atoms with van der Waals surface area (Å²) in [6.45, 7) is 0.358. The second-order valence-corrected chi connectivity index (χ2v) is 7.30. The molecule has 4 aromatic rings. The van der Waals surface area contributed by atoms with Gasteiger partial charge in [-0.1, -0.05) is 24.3 Å². The van der Waals surface area contributed by atoms with Crippen molar-refractivity contribution in [3.05, 3.63) is 89.7 Å². The van der Waals surface area contributed by atoms with Gasteiger partial charge in [0, 0.05) is 12.1 Å². The smallest absolute Gasteiger partial charge is 0.254 e. The summed E-state index contributed by atoms with van der Waals surface area (Å²) >= 11 is 0. The number of methoxy groups -OCH3 is 2. The maximum absolute atomic E-state index is 13.2. The van der Waals surface area contributed by atoms with E-state index in [0.717, 1.165) is 22.4 Å². The summed E-state index contributed by atoms with van der Waals surface area (Å²) in [5.74, 6) is 1.59. The standard InChI is InChI=1S/C25H23FN4O3/c1-32-21-11-5-17(6-12-21)15-23(31)30-25(27-16-18-3-9-20(26)10-4-18)28-24(29-30)19-7-13-22(33-2)14-8-19/h3-14H,15-16H2,1-2H3,(H,27,28,29). The normalized spacial score (nSPS) is 10.6. The minimum Gasteiger partial charge on any atom is -0.497 e. The largest absolute Gasteiger partial charge is 0.497 e. The number of halogens is 1. The second kappa shape index (κ2) is 9.95. The molecule has 0 aliphatic rings. The minimum absolute atomic E-state index is 0.140. The number of hydrogen-bond donors (Lipinski definition) is 1.